The van der Waals surface area contributed by atoms with Crippen molar-refractivity contribution >= 4 is 17.3 Å². The van der Waals surface area contributed by atoms with Crippen molar-refractivity contribution in [2.24, 2.45) is 5.10 Å². The van der Waals surface area contributed by atoms with Gasteiger partial charge in [0, 0.05) is 24.7 Å². The maximum atomic E-state index is 11.1. The molecule has 114 valence electrons. The lowest BCUT2D eigenvalue weighted by atomic mass is 10.00. The number of hydrogen-bond acceptors (Lipinski definition) is 3. The highest BCUT2D eigenvalue weighted by Crippen LogP contribution is 2.23. The fourth-order valence-electron chi connectivity index (χ4n) is 2.86. The number of hydrazone groups is 1. The third-order valence-electron chi connectivity index (χ3n) is 4.01. The molecule has 0 aromatic heterocycles. The van der Waals surface area contributed by atoms with Crippen molar-refractivity contribution < 1.29 is 4.79 Å². The molecule has 2 atom stereocenters. The van der Waals surface area contributed by atoms with Crippen LogP contribution >= 0.6 is 0 Å². The molecule has 0 spiro atoms. The van der Waals surface area contributed by atoms with Crippen LogP contribution in [0.25, 0.3) is 0 Å². The van der Waals surface area contributed by atoms with Crippen molar-refractivity contribution in [3.05, 3.63) is 29.8 Å². The number of piperidine rings is 1. The smallest absolute Gasteiger partial charge is 0.221 e. The molecule has 0 aliphatic carbocycles. The number of nitrogens with zero attached hydrogens (tertiary/aromatic N) is 2. The fourth-order valence-corrected chi connectivity index (χ4v) is 2.86. The van der Waals surface area contributed by atoms with Crippen molar-refractivity contribution in [2.45, 2.75) is 59.0 Å². The highest BCUT2D eigenvalue weighted by atomic mass is 16.1. The summed E-state index contributed by atoms with van der Waals surface area (Å²) in [5, 5.41) is 9.87. The van der Waals surface area contributed by atoms with Gasteiger partial charge in [0.1, 0.15) is 0 Å². The van der Waals surface area contributed by atoms with E-state index in [1.807, 2.05) is 31.2 Å². The molecule has 1 amide bonds. The number of nitrogens with one attached hydrogen (secondary N) is 1. The summed E-state index contributed by atoms with van der Waals surface area (Å²) in [7, 11) is 0. The lowest BCUT2D eigenvalue weighted by Gasteiger charge is -2.37. The molecule has 1 heterocycles. The predicted octanol–water partition coefficient (Wildman–Crippen LogP) is 3.63. The van der Waals surface area contributed by atoms with Crippen LogP contribution in [0.4, 0.5) is 5.69 Å². The second-order valence-corrected chi connectivity index (χ2v) is 5.96. The number of hydrogen-bond donors (Lipinski definition) is 1. The Morgan fingerprint density at radius 1 is 1.24 bits per heavy atom. The molecule has 4 nitrogen and oxygen atoms in total. The molecule has 1 aromatic carbocycles. The van der Waals surface area contributed by atoms with Crippen LogP contribution in [0, 0.1) is 0 Å². The van der Waals surface area contributed by atoms with Gasteiger partial charge in [0.2, 0.25) is 5.91 Å². The molecule has 2 rings (SSSR count). The van der Waals surface area contributed by atoms with Gasteiger partial charge in [-0.25, -0.2) is 0 Å². The fraction of sp³-hybridized carbons (Fsp3) is 0.529. The van der Waals surface area contributed by atoms with E-state index >= 15 is 0 Å². The summed E-state index contributed by atoms with van der Waals surface area (Å²) in [5.41, 5.74) is 2.85. The van der Waals surface area contributed by atoms with E-state index in [0.29, 0.717) is 12.1 Å². The summed E-state index contributed by atoms with van der Waals surface area (Å²) >= 11 is 0. The average Bonchev–Trinajstić information content (AvgIpc) is 2.42. The van der Waals surface area contributed by atoms with Gasteiger partial charge < -0.3 is 5.32 Å². The van der Waals surface area contributed by atoms with E-state index in [-0.39, 0.29) is 5.91 Å². The first-order valence-electron chi connectivity index (χ1n) is 7.69. The predicted molar refractivity (Wildman–Crippen MR) is 87.6 cm³/mol. The van der Waals surface area contributed by atoms with E-state index in [1.54, 1.807) is 0 Å². The van der Waals surface area contributed by atoms with Gasteiger partial charge in [-0.1, -0.05) is 12.1 Å². The van der Waals surface area contributed by atoms with E-state index < -0.39 is 0 Å². The third-order valence-corrected chi connectivity index (χ3v) is 4.01. The van der Waals surface area contributed by atoms with Crippen LogP contribution in [-0.2, 0) is 4.79 Å². The summed E-state index contributed by atoms with van der Waals surface area (Å²) in [6.07, 6.45) is 3.69. The van der Waals surface area contributed by atoms with E-state index in [9.17, 15) is 4.79 Å². The summed E-state index contributed by atoms with van der Waals surface area (Å²) in [4.78, 5) is 11.1. The number of rotatable bonds is 3. The quantitative estimate of drug-likeness (QED) is 0.863. The van der Waals surface area contributed by atoms with Crippen LogP contribution in [0.5, 0.6) is 0 Å². The van der Waals surface area contributed by atoms with E-state index in [0.717, 1.165) is 17.0 Å². The zero-order chi connectivity index (χ0) is 15.4. The first-order chi connectivity index (χ1) is 9.97. The third kappa shape index (κ3) is 4.06. The van der Waals surface area contributed by atoms with Crippen LogP contribution in [-0.4, -0.2) is 28.7 Å². The molecular weight excluding hydrogens is 262 g/mol. The van der Waals surface area contributed by atoms with Gasteiger partial charge in [-0.15, -0.1) is 0 Å². The first kappa shape index (κ1) is 15.5. The SMILES string of the molecule is CC(=O)Nc1cccc(/C(C)=N\N2[C@H](C)CCC[C@H]2C)c1. The maximum absolute atomic E-state index is 11.1. The molecule has 4 heteroatoms. The molecule has 0 bridgehead atoms. The molecule has 0 radical (unpaired) electrons. The number of anilines is 1. The van der Waals surface area contributed by atoms with Crippen LogP contribution < -0.4 is 5.32 Å². The molecular formula is C17H25N3O. The number of carbonyl (C=O) groups excluding carboxylic acids is 1. The summed E-state index contributed by atoms with van der Waals surface area (Å²) in [5.74, 6) is -0.0555. The molecule has 21 heavy (non-hydrogen) atoms. The highest BCUT2D eigenvalue weighted by molar-refractivity contribution is 6.00. The van der Waals surface area contributed by atoms with Gasteiger partial charge in [-0.3, -0.25) is 9.80 Å². The number of carbonyl (C=O) groups is 1. The van der Waals surface area contributed by atoms with Crippen molar-refractivity contribution in [1.29, 1.82) is 0 Å². The molecule has 0 saturated carbocycles. The Hall–Kier alpha value is -1.84. The summed E-state index contributed by atoms with van der Waals surface area (Å²) in [6, 6.07) is 8.82. The van der Waals surface area contributed by atoms with Gasteiger partial charge in [-0.05, 0) is 57.7 Å². The van der Waals surface area contributed by atoms with Gasteiger partial charge in [0.05, 0.1) is 5.71 Å². The topological polar surface area (TPSA) is 44.7 Å². The number of amides is 1. The summed E-state index contributed by atoms with van der Waals surface area (Å²) < 4.78 is 0. The van der Waals surface area contributed by atoms with Crippen molar-refractivity contribution in [3.63, 3.8) is 0 Å². The van der Waals surface area contributed by atoms with Crippen LogP contribution in [0.2, 0.25) is 0 Å². The minimum Gasteiger partial charge on any atom is -0.326 e. The van der Waals surface area contributed by atoms with Gasteiger partial charge in [0.25, 0.3) is 0 Å². The zero-order valence-electron chi connectivity index (χ0n) is 13.4. The van der Waals surface area contributed by atoms with E-state index in [1.165, 1.54) is 26.2 Å². The Balaban J connectivity index is 2.20. The second-order valence-electron chi connectivity index (χ2n) is 5.96. The van der Waals surface area contributed by atoms with Crippen molar-refractivity contribution in [2.75, 3.05) is 5.32 Å². The monoisotopic (exact) mass is 287 g/mol. The Labute approximate surface area is 127 Å². The lowest BCUT2D eigenvalue weighted by molar-refractivity contribution is -0.114. The van der Waals surface area contributed by atoms with Gasteiger partial charge in [0.15, 0.2) is 0 Å². The molecule has 1 fully saturated rings. The first-order valence-corrected chi connectivity index (χ1v) is 7.69. The Morgan fingerprint density at radius 3 is 2.52 bits per heavy atom. The standard InChI is InChI=1S/C17H25N3O/c1-12-7-5-8-13(2)20(12)19-14(3)16-9-6-10-17(11-16)18-15(4)21/h6,9-13H,5,7-8H2,1-4H3,(H,18,21)/b19-14-/t12-,13-/m1/s1. The highest BCUT2D eigenvalue weighted by Gasteiger charge is 2.23. The number of benzene rings is 1. The van der Waals surface area contributed by atoms with Crippen molar-refractivity contribution in [1.82, 2.24) is 5.01 Å². The zero-order valence-corrected chi connectivity index (χ0v) is 13.4. The molecule has 0 unspecified atom stereocenters. The molecule has 1 aromatic rings. The Kier molecular flexibility index (Phi) is 4.99. The minimum atomic E-state index is -0.0555. The van der Waals surface area contributed by atoms with Gasteiger partial charge >= 0.3 is 0 Å². The molecule has 1 N–H and O–H groups in total. The molecule has 1 aliphatic rings. The van der Waals surface area contributed by atoms with Crippen molar-refractivity contribution in [3.8, 4) is 0 Å². The largest absolute Gasteiger partial charge is 0.326 e. The second kappa shape index (κ2) is 6.74. The lowest BCUT2D eigenvalue weighted by Crippen LogP contribution is -2.40. The Morgan fingerprint density at radius 2 is 1.90 bits per heavy atom. The van der Waals surface area contributed by atoms with E-state index in [4.69, 9.17) is 5.10 Å². The van der Waals surface area contributed by atoms with Crippen LogP contribution in [0.3, 0.4) is 0 Å². The molecule has 1 saturated heterocycles. The minimum absolute atomic E-state index is 0.0555. The van der Waals surface area contributed by atoms with E-state index in [2.05, 4.69) is 24.2 Å². The van der Waals surface area contributed by atoms with Crippen LogP contribution in [0.1, 0.15) is 52.5 Å². The summed E-state index contributed by atoms with van der Waals surface area (Å²) in [6.45, 7) is 8.02. The average molecular weight is 287 g/mol. The van der Waals surface area contributed by atoms with Crippen LogP contribution in [0.15, 0.2) is 29.4 Å². The normalized spacial score (nSPS) is 23.0. The maximum Gasteiger partial charge on any atom is 0.221 e. The molecule has 1 aliphatic heterocycles. The Bertz CT molecular complexity index is 529. The van der Waals surface area contributed by atoms with Gasteiger partial charge in [-0.2, -0.15) is 5.10 Å².